The average Bonchev–Trinajstić information content (AvgIpc) is 3.42. The minimum Gasteiger partial charge on any atom is -0.493 e. The molecule has 4 rings (SSSR count). The van der Waals surface area contributed by atoms with Gasteiger partial charge in [-0.25, -0.2) is 4.99 Å². The summed E-state index contributed by atoms with van der Waals surface area (Å²) >= 11 is 2.55. The molecule has 11 nitrogen and oxygen atoms in total. The van der Waals surface area contributed by atoms with Crippen LogP contribution in [0.4, 0.5) is 10.8 Å². The summed E-state index contributed by atoms with van der Waals surface area (Å²) in [5.74, 6) is 0.812. The summed E-state index contributed by atoms with van der Waals surface area (Å²) in [5.41, 5.74) is 2.31. The molecule has 0 unspecified atom stereocenters. The Morgan fingerprint density at radius 2 is 1.73 bits per heavy atom. The highest BCUT2D eigenvalue weighted by Crippen LogP contribution is 2.43. The number of aromatic nitrogens is 2. The number of methoxy groups -OCH3 is 3. The number of carbonyl (C=O) groups is 2. The van der Waals surface area contributed by atoms with Crippen molar-refractivity contribution in [2.75, 3.05) is 37.7 Å². The number of rotatable bonds is 10. The fraction of sp³-hybridized carbons (Fsp3) is 0.296. The second kappa shape index (κ2) is 13.3. The number of carbonyl (C=O) groups excluding carboxylic acids is 2. The SMILES string of the molecule is CCc1nnc(NC(=O)CSC2=N[C@@H](c3cc(OC)c(OC)c(OC)c3)C(C(=O)Nc3ccccc3)=C(C)N2)s1. The number of amides is 2. The van der Waals surface area contributed by atoms with Gasteiger partial charge in [0, 0.05) is 11.4 Å². The number of thioether (sulfide) groups is 1. The average molecular weight is 583 g/mol. The van der Waals surface area contributed by atoms with Crippen molar-refractivity contribution in [3.63, 3.8) is 0 Å². The quantitative estimate of drug-likeness (QED) is 0.318. The van der Waals surface area contributed by atoms with Crippen LogP contribution in [0.2, 0.25) is 0 Å². The molecule has 2 heterocycles. The highest BCUT2D eigenvalue weighted by atomic mass is 32.2. The summed E-state index contributed by atoms with van der Waals surface area (Å²) in [6, 6.07) is 12.0. The van der Waals surface area contributed by atoms with Crippen LogP contribution in [0.15, 0.2) is 58.7 Å². The third-order valence-electron chi connectivity index (χ3n) is 5.85. The number of ether oxygens (including phenoxy) is 3. The Balaban J connectivity index is 1.63. The van der Waals surface area contributed by atoms with Gasteiger partial charge in [-0.05, 0) is 43.2 Å². The van der Waals surface area contributed by atoms with Crippen molar-refractivity contribution >= 4 is 50.9 Å². The number of allylic oxidation sites excluding steroid dienone is 1. The predicted octanol–water partition coefficient (Wildman–Crippen LogP) is 4.41. The first kappa shape index (κ1) is 28.9. The van der Waals surface area contributed by atoms with Crippen LogP contribution in [-0.2, 0) is 16.0 Å². The maximum Gasteiger partial charge on any atom is 0.255 e. The van der Waals surface area contributed by atoms with Crippen molar-refractivity contribution in [3.8, 4) is 17.2 Å². The molecular weight excluding hydrogens is 552 g/mol. The van der Waals surface area contributed by atoms with Crippen molar-refractivity contribution in [2.45, 2.75) is 26.3 Å². The lowest BCUT2D eigenvalue weighted by molar-refractivity contribution is -0.114. The molecule has 2 amide bonds. The van der Waals surface area contributed by atoms with Crippen molar-refractivity contribution < 1.29 is 23.8 Å². The fourth-order valence-electron chi connectivity index (χ4n) is 3.97. The molecule has 40 heavy (non-hydrogen) atoms. The monoisotopic (exact) mass is 582 g/mol. The van der Waals surface area contributed by atoms with Gasteiger partial charge >= 0.3 is 0 Å². The Hall–Kier alpha value is -4.10. The summed E-state index contributed by atoms with van der Waals surface area (Å²) in [6.45, 7) is 3.78. The third kappa shape index (κ3) is 6.72. The number of hydrogen-bond donors (Lipinski definition) is 3. The molecule has 0 spiro atoms. The van der Waals surface area contributed by atoms with Crippen LogP contribution >= 0.6 is 23.1 Å². The zero-order valence-corrected chi connectivity index (χ0v) is 24.4. The number of amidine groups is 1. The summed E-state index contributed by atoms with van der Waals surface area (Å²) < 4.78 is 16.6. The molecule has 1 aliphatic rings. The van der Waals surface area contributed by atoms with Crippen LogP contribution in [0.3, 0.4) is 0 Å². The van der Waals surface area contributed by atoms with Crippen molar-refractivity contribution in [1.82, 2.24) is 15.5 Å². The molecule has 3 N–H and O–H groups in total. The summed E-state index contributed by atoms with van der Waals surface area (Å²) in [6.07, 6.45) is 0.747. The standard InChI is InChI=1S/C27H30N6O5S2/c1-6-21-32-33-27(40-21)30-20(34)14-39-26-28-15(2)22(25(35)29-17-10-8-7-9-11-17)23(31-26)16-12-18(36-3)24(38-5)19(13-16)37-4/h7-13,23H,6,14H2,1-5H3,(H,28,31)(H,29,35)(H,30,33,34)/t23-/m0/s1. The van der Waals surface area contributed by atoms with E-state index >= 15 is 0 Å². The first-order chi connectivity index (χ1) is 19.4. The summed E-state index contributed by atoms with van der Waals surface area (Å²) in [4.78, 5) is 31.0. The molecule has 3 aromatic rings. The molecule has 0 fully saturated rings. The van der Waals surface area contributed by atoms with Gasteiger partial charge in [0.15, 0.2) is 16.7 Å². The number of para-hydroxylation sites is 1. The van der Waals surface area contributed by atoms with Gasteiger partial charge in [-0.15, -0.1) is 10.2 Å². The van der Waals surface area contributed by atoms with E-state index in [0.717, 1.165) is 11.4 Å². The van der Waals surface area contributed by atoms with Gasteiger partial charge < -0.3 is 24.8 Å². The lowest BCUT2D eigenvalue weighted by atomic mass is 9.95. The van der Waals surface area contributed by atoms with E-state index in [4.69, 9.17) is 19.2 Å². The number of hydrogen-bond acceptors (Lipinski definition) is 11. The van der Waals surface area contributed by atoms with E-state index in [9.17, 15) is 9.59 Å². The number of aliphatic imine (C=N–C) groups is 1. The predicted molar refractivity (Wildman–Crippen MR) is 158 cm³/mol. The van der Waals surface area contributed by atoms with Gasteiger partial charge in [-0.2, -0.15) is 0 Å². The molecule has 1 aliphatic heterocycles. The molecule has 2 aromatic carbocycles. The Morgan fingerprint density at radius 1 is 1.02 bits per heavy atom. The van der Waals surface area contributed by atoms with Crippen LogP contribution in [0.5, 0.6) is 17.2 Å². The Morgan fingerprint density at radius 3 is 2.33 bits per heavy atom. The number of anilines is 2. The van der Waals surface area contributed by atoms with Crippen LogP contribution < -0.4 is 30.2 Å². The van der Waals surface area contributed by atoms with E-state index in [1.165, 1.54) is 44.4 Å². The van der Waals surface area contributed by atoms with E-state index in [-0.39, 0.29) is 17.6 Å². The van der Waals surface area contributed by atoms with Crippen LogP contribution in [0.1, 0.15) is 30.5 Å². The van der Waals surface area contributed by atoms with Crippen LogP contribution in [0, 0.1) is 0 Å². The molecule has 0 radical (unpaired) electrons. The van der Waals surface area contributed by atoms with E-state index in [0.29, 0.717) is 50.1 Å². The van der Waals surface area contributed by atoms with Crippen molar-refractivity contribution in [2.24, 2.45) is 4.99 Å². The van der Waals surface area contributed by atoms with Gasteiger partial charge in [0.05, 0.1) is 32.7 Å². The maximum absolute atomic E-state index is 13.5. The van der Waals surface area contributed by atoms with Crippen LogP contribution in [0.25, 0.3) is 0 Å². The van der Waals surface area contributed by atoms with Crippen molar-refractivity contribution in [3.05, 3.63) is 64.3 Å². The lowest BCUT2D eigenvalue weighted by Crippen LogP contribution is -2.32. The Labute approximate surface area is 240 Å². The minimum atomic E-state index is -0.723. The minimum absolute atomic E-state index is 0.0771. The number of nitrogens with one attached hydrogen (secondary N) is 3. The molecule has 0 saturated heterocycles. The molecule has 13 heteroatoms. The molecule has 0 bridgehead atoms. The molecule has 1 aromatic heterocycles. The van der Waals surface area contributed by atoms with E-state index < -0.39 is 6.04 Å². The van der Waals surface area contributed by atoms with Gasteiger partial charge in [0.1, 0.15) is 11.0 Å². The maximum atomic E-state index is 13.5. The molecule has 0 aliphatic carbocycles. The first-order valence-electron chi connectivity index (χ1n) is 12.3. The zero-order chi connectivity index (χ0) is 28.6. The highest BCUT2D eigenvalue weighted by molar-refractivity contribution is 8.14. The second-order valence-electron chi connectivity index (χ2n) is 8.47. The number of aryl methyl sites for hydroxylation is 1. The van der Waals surface area contributed by atoms with Gasteiger partial charge in [0.2, 0.25) is 16.8 Å². The highest BCUT2D eigenvalue weighted by Gasteiger charge is 2.31. The van der Waals surface area contributed by atoms with Crippen LogP contribution in [-0.4, -0.2) is 54.3 Å². The van der Waals surface area contributed by atoms with E-state index in [1.54, 1.807) is 19.1 Å². The largest absolute Gasteiger partial charge is 0.493 e. The van der Waals surface area contributed by atoms with E-state index in [2.05, 4.69) is 26.1 Å². The molecule has 210 valence electrons. The van der Waals surface area contributed by atoms with Crippen molar-refractivity contribution in [1.29, 1.82) is 0 Å². The number of benzene rings is 2. The topological polar surface area (TPSA) is 136 Å². The lowest BCUT2D eigenvalue weighted by Gasteiger charge is -2.27. The molecule has 0 saturated carbocycles. The second-order valence-corrected chi connectivity index (χ2v) is 10.5. The third-order valence-corrected chi connectivity index (χ3v) is 7.72. The van der Waals surface area contributed by atoms with Gasteiger partial charge in [0.25, 0.3) is 5.91 Å². The first-order valence-corrected chi connectivity index (χ1v) is 14.1. The van der Waals surface area contributed by atoms with Gasteiger partial charge in [-0.1, -0.05) is 48.2 Å². The fourth-order valence-corrected chi connectivity index (χ4v) is 5.41. The normalized spacial score (nSPS) is 14.6. The van der Waals surface area contributed by atoms with E-state index in [1.807, 2.05) is 37.3 Å². The van der Waals surface area contributed by atoms with Gasteiger partial charge in [-0.3, -0.25) is 14.9 Å². The Bertz CT molecular complexity index is 1420. The Kier molecular flexibility index (Phi) is 9.61. The zero-order valence-electron chi connectivity index (χ0n) is 22.7. The smallest absolute Gasteiger partial charge is 0.255 e. The number of nitrogens with zero attached hydrogens (tertiary/aromatic N) is 3. The summed E-state index contributed by atoms with van der Waals surface area (Å²) in [5, 5.41) is 18.7. The molecular formula is C27H30N6O5S2. The molecule has 1 atom stereocenters. The summed E-state index contributed by atoms with van der Waals surface area (Å²) in [7, 11) is 4.58.